The Bertz CT molecular complexity index is 405. The van der Waals surface area contributed by atoms with Crippen LogP contribution in [0, 0.1) is 29.6 Å². The van der Waals surface area contributed by atoms with Crippen LogP contribution < -0.4 is 0 Å². The summed E-state index contributed by atoms with van der Waals surface area (Å²) in [5.41, 5.74) is 0. The summed E-state index contributed by atoms with van der Waals surface area (Å²) in [5, 5.41) is 0. The first-order valence-electron chi connectivity index (χ1n) is 13.4. The Morgan fingerprint density at radius 3 is 2.00 bits per heavy atom. The smallest absolute Gasteiger partial charge is 0.0578 e. The molecule has 28 heavy (non-hydrogen) atoms. The number of hydrogen-bond acceptors (Lipinski definition) is 1. The highest BCUT2D eigenvalue weighted by Gasteiger charge is 2.44. The van der Waals surface area contributed by atoms with Crippen molar-refractivity contribution >= 4 is 0 Å². The van der Waals surface area contributed by atoms with Gasteiger partial charge in [-0.3, -0.25) is 0 Å². The van der Waals surface area contributed by atoms with Gasteiger partial charge in [0.05, 0.1) is 6.10 Å². The SMILES string of the molecule is CCCCCCCO[C@@H]1CCC2C(CCC3C[C@H](CCCCCC)CCC32)C1. The van der Waals surface area contributed by atoms with Crippen LogP contribution in [0.15, 0.2) is 0 Å². The van der Waals surface area contributed by atoms with Gasteiger partial charge in [0.1, 0.15) is 0 Å². The van der Waals surface area contributed by atoms with Crippen LogP contribution >= 0.6 is 0 Å². The summed E-state index contributed by atoms with van der Waals surface area (Å²) in [6, 6.07) is 0. The van der Waals surface area contributed by atoms with Crippen LogP contribution in [0.5, 0.6) is 0 Å². The molecule has 0 heterocycles. The normalized spacial score (nSPS) is 35.4. The molecule has 0 aromatic carbocycles. The highest BCUT2D eigenvalue weighted by molar-refractivity contribution is 4.94. The molecule has 0 radical (unpaired) electrons. The average molecular weight is 391 g/mol. The van der Waals surface area contributed by atoms with Gasteiger partial charge in [-0.05, 0) is 81.0 Å². The Labute approximate surface area is 176 Å². The fraction of sp³-hybridized carbons (Fsp3) is 1.00. The van der Waals surface area contributed by atoms with E-state index in [4.69, 9.17) is 4.74 Å². The minimum absolute atomic E-state index is 0.596. The lowest BCUT2D eigenvalue weighted by Gasteiger charge is -2.50. The molecule has 3 saturated carbocycles. The summed E-state index contributed by atoms with van der Waals surface area (Å²) in [6.45, 7) is 5.65. The molecule has 0 aromatic heterocycles. The fourth-order valence-corrected chi connectivity index (χ4v) is 7.08. The standard InChI is InChI=1S/C27H50O/c1-3-5-7-9-11-19-28-25-16-18-27-24(21-25)15-14-23-20-22(13-17-26(23)27)12-10-8-6-4-2/h22-27H,3-21H2,1-2H3/t22-,23?,24?,25-,26?,27?/m1/s1. The molecule has 6 atom stereocenters. The molecule has 0 spiro atoms. The van der Waals surface area contributed by atoms with Gasteiger partial charge >= 0.3 is 0 Å². The minimum Gasteiger partial charge on any atom is -0.378 e. The monoisotopic (exact) mass is 390 g/mol. The molecule has 3 fully saturated rings. The maximum absolute atomic E-state index is 6.33. The van der Waals surface area contributed by atoms with Crippen LogP contribution in [0.2, 0.25) is 0 Å². The van der Waals surface area contributed by atoms with E-state index in [1.165, 1.54) is 89.9 Å². The zero-order chi connectivity index (χ0) is 19.6. The minimum atomic E-state index is 0.596. The van der Waals surface area contributed by atoms with Gasteiger partial charge in [0, 0.05) is 6.61 Å². The van der Waals surface area contributed by atoms with Crippen LogP contribution in [0.1, 0.15) is 129 Å². The maximum Gasteiger partial charge on any atom is 0.0578 e. The average Bonchev–Trinajstić information content (AvgIpc) is 2.73. The molecule has 1 nitrogen and oxygen atoms in total. The molecular weight excluding hydrogens is 340 g/mol. The van der Waals surface area contributed by atoms with E-state index in [0.717, 1.165) is 36.2 Å². The van der Waals surface area contributed by atoms with E-state index in [0.29, 0.717) is 6.10 Å². The van der Waals surface area contributed by atoms with Crippen molar-refractivity contribution in [1.82, 2.24) is 0 Å². The van der Waals surface area contributed by atoms with Crippen LogP contribution in [0.25, 0.3) is 0 Å². The summed E-state index contributed by atoms with van der Waals surface area (Å²) in [7, 11) is 0. The lowest BCUT2D eigenvalue weighted by molar-refractivity contribution is -0.0539. The van der Waals surface area contributed by atoms with Gasteiger partial charge in [-0.2, -0.15) is 0 Å². The van der Waals surface area contributed by atoms with Gasteiger partial charge in [0.15, 0.2) is 0 Å². The van der Waals surface area contributed by atoms with E-state index < -0.39 is 0 Å². The van der Waals surface area contributed by atoms with Gasteiger partial charge in [0.25, 0.3) is 0 Å². The van der Waals surface area contributed by atoms with Crippen molar-refractivity contribution in [3.8, 4) is 0 Å². The second kappa shape index (κ2) is 12.6. The van der Waals surface area contributed by atoms with Crippen molar-refractivity contribution in [3.63, 3.8) is 0 Å². The molecule has 0 saturated heterocycles. The summed E-state index contributed by atoms with van der Waals surface area (Å²) in [4.78, 5) is 0. The zero-order valence-corrected chi connectivity index (χ0v) is 19.3. The number of unbranched alkanes of at least 4 members (excludes halogenated alkanes) is 7. The third kappa shape index (κ3) is 6.75. The molecule has 0 aliphatic heterocycles. The van der Waals surface area contributed by atoms with Crippen LogP contribution in [-0.4, -0.2) is 12.7 Å². The van der Waals surface area contributed by atoms with Gasteiger partial charge < -0.3 is 4.74 Å². The van der Waals surface area contributed by atoms with Crippen LogP contribution in [0.4, 0.5) is 0 Å². The second-order valence-corrected chi connectivity index (χ2v) is 10.7. The highest BCUT2D eigenvalue weighted by Crippen LogP contribution is 2.53. The summed E-state index contributed by atoms with van der Waals surface area (Å²) < 4.78 is 6.33. The first-order valence-corrected chi connectivity index (χ1v) is 13.4. The lowest BCUT2D eigenvalue weighted by atomic mass is 9.56. The highest BCUT2D eigenvalue weighted by atomic mass is 16.5. The second-order valence-electron chi connectivity index (χ2n) is 10.7. The van der Waals surface area contributed by atoms with Crippen molar-refractivity contribution in [2.24, 2.45) is 29.6 Å². The predicted octanol–water partition coefficient (Wildman–Crippen LogP) is 8.56. The van der Waals surface area contributed by atoms with E-state index >= 15 is 0 Å². The van der Waals surface area contributed by atoms with Gasteiger partial charge in [-0.15, -0.1) is 0 Å². The summed E-state index contributed by atoms with van der Waals surface area (Å²) in [6.07, 6.45) is 26.7. The van der Waals surface area contributed by atoms with Crippen molar-refractivity contribution in [2.75, 3.05) is 6.61 Å². The first-order chi connectivity index (χ1) is 13.8. The Hall–Kier alpha value is -0.0400. The van der Waals surface area contributed by atoms with Crippen molar-refractivity contribution in [3.05, 3.63) is 0 Å². The lowest BCUT2D eigenvalue weighted by Crippen LogP contribution is -2.42. The molecule has 4 unspecified atom stereocenters. The molecular formula is C27H50O. The predicted molar refractivity (Wildman–Crippen MR) is 122 cm³/mol. The molecule has 0 aromatic rings. The van der Waals surface area contributed by atoms with E-state index in [1.807, 2.05) is 0 Å². The number of hydrogen-bond donors (Lipinski definition) is 0. The Kier molecular flexibility index (Phi) is 10.2. The number of ether oxygens (including phenoxy) is 1. The zero-order valence-electron chi connectivity index (χ0n) is 19.3. The molecule has 3 aliphatic carbocycles. The van der Waals surface area contributed by atoms with E-state index in [2.05, 4.69) is 13.8 Å². The summed E-state index contributed by atoms with van der Waals surface area (Å²) in [5.74, 6) is 5.30. The van der Waals surface area contributed by atoms with Gasteiger partial charge in [-0.25, -0.2) is 0 Å². The Morgan fingerprint density at radius 2 is 1.25 bits per heavy atom. The Morgan fingerprint density at radius 1 is 0.607 bits per heavy atom. The largest absolute Gasteiger partial charge is 0.378 e. The molecule has 3 aliphatic rings. The Balaban J connectivity index is 1.34. The number of rotatable bonds is 12. The third-order valence-electron chi connectivity index (χ3n) is 8.67. The van der Waals surface area contributed by atoms with Gasteiger partial charge in [0.2, 0.25) is 0 Å². The van der Waals surface area contributed by atoms with Crippen LogP contribution in [-0.2, 0) is 4.74 Å². The molecule has 0 bridgehead atoms. The van der Waals surface area contributed by atoms with Crippen LogP contribution in [0.3, 0.4) is 0 Å². The third-order valence-corrected chi connectivity index (χ3v) is 8.67. The molecule has 0 N–H and O–H groups in total. The number of fused-ring (bicyclic) bond motifs is 3. The molecule has 1 heteroatoms. The van der Waals surface area contributed by atoms with E-state index in [9.17, 15) is 0 Å². The fourth-order valence-electron chi connectivity index (χ4n) is 7.08. The van der Waals surface area contributed by atoms with Crippen molar-refractivity contribution in [1.29, 1.82) is 0 Å². The molecule has 3 rings (SSSR count). The van der Waals surface area contributed by atoms with Gasteiger partial charge in [-0.1, -0.05) is 78.1 Å². The van der Waals surface area contributed by atoms with Crippen molar-refractivity contribution < 1.29 is 4.74 Å². The van der Waals surface area contributed by atoms with E-state index in [1.54, 1.807) is 25.7 Å². The quantitative estimate of drug-likeness (QED) is 0.303. The van der Waals surface area contributed by atoms with E-state index in [-0.39, 0.29) is 0 Å². The maximum atomic E-state index is 6.33. The molecule has 0 amide bonds. The summed E-state index contributed by atoms with van der Waals surface area (Å²) >= 11 is 0. The topological polar surface area (TPSA) is 9.23 Å². The first kappa shape index (κ1) is 22.6. The van der Waals surface area contributed by atoms with Crippen molar-refractivity contribution in [2.45, 2.75) is 136 Å². The molecule has 164 valence electrons.